The summed E-state index contributed by atoms with van der Waals surface area (Å²) in [6.45, 7) is 1.69. The fraction of sp³-hybridized carbons (Fsp3) is 0.0625. The van der Waals surface area contributed by atoms with Crippen molar-refractivity contribution in [1.29, 1.82) is 10.5 Å². The first-order chi connectivity index (χ1) is 11.5. The molecule has 3 rings (SSSR count). The monoisotopic (exact) mass is 318 g/mol. The number of pyridine rings is 1. The summed E-state index contributed by atoms with van der Waals surface area (Å²) in [5, 5.41) is 22.4. The summed E-state index contributed by atoms with van der Waals surface area (Å²) in [5.41, 5.74) is 6.18. The van der Waals surface area contributed by atoms with Crippen molar-refractivity contribution in [2.45, 2.75) is 6.92 Å². The van der Waals surface area contributed by atoms with E-state index in [0.29, 0.717) is 22.8 Å². The molecule has 3 aromatic rings. The van der Waals surface area contributed by atoms with E-state index in [2.05, 4.69) is 15.1 Å². The minimum absolute atomic E-state index is 0.0324. The number of rotatable bonds is 2. The van der Waals surface area contributed by atoms with Gasteiger partial charge in [0.15, 0.2) is 5.82 Å². The highest BCUT2D eigenvalue weighted by molar-refractivity contribution is 5.81. The highest BCUT2D eigenvalue weighted by Gasteiger charge is 2.19. The van der Waals surface area contributed by atoms with Crippen LogP contribution in [0, 0.1) is 29.6 Å². The molecule has 0 radical (unpaired) electrons. The number of nitrogen functional groups attached to an aromatic ring is 1. The van der Waals surface area contributed by atoms with E-state index in [1.54, 1.807) is 31.2 Å². The molecule has 0 saturated carbocycles. The molecular weight excluding hydrogens is 308 g/mol. The Morgan fingerprint density at radius 2 is 1.92 bits per heavy atom. The molecule has 8 nitrogen and oxygen atoms in total. The van der Waals surface area contributed by atoms with Crippen LogP contribution in [0.5, 0.6) is 0 Å². The van der Waals surface area contributed by atoms with E-state index in [4.69, 9.17) is 10.3 Å². The molecule has 24 heavy (non-hydrogen) atoms. The third-order valence-corrected chi connectivity index (χ3v) is 3.39. The fourth-order valence-corrected chi connectivity index (χ4v) is 2.35. The lowest BCUT2D eigenvalue weighted by Crippen LogP contribution is -2.16. The molecule has 2 aromatic heterocycles. The van der Waals surface area contributed by atoms with Gasteiger partial charge in [0.05, 0.1) is 0 Å². The van der Waals surface area contributed by atoms with Crippen LogP contribution in [-0.2, 0) is 0 Å². The van der Waals surface area contributed by atoms with Gasteiger partial charge in [0.1, 0.15) is 29.1 Å². The molecule has 116 valence electrons. The minimum atomic E-state index is -0.650. The Balaban J connectivity index is 2.30. The van der Waals surface area contributed by atoms with Crippen LogP contribution < -0.4 is 11.3 Å². The zero-order valence-electron chi connectivity index (χ0n) is 12.5. The fourth-order valence-electron chi connectivity index (χ4n) is 2.35. The summed E-state index contributed by atoms with van der Waals surface area (Å²) in [6.07, 6.45) is 0. The number of benzene rings is 1. The SMILES string of the molecule is Cc1noc(-c2cccc(-c3c(C#N)c(N)[nH]c(=O)c3C#N)c2)n1. The molecule has 3 N–H and O–H groups in total. The second-order valence-electron chi connectivity index (χ2n) is 4.94. The summed E-state index contributed by atoms with van der Waals surface area (Å²) in [4.78, 5) is 18.4. The molecule has 8 heteroatoms. The Morgan fingerprint density at radius 3 is 2.54 bits per heavy atom. The van der Waals surface area contributed by atoms with Crippen LogP contribution >= 0.6 is 0 Å². The van der Waals surface area contributed by atoms with Gasteiger partial charge in [-0.05, 0) is 24.6 Å². The van der Waals surface area contributed by atoms with Gasteiger partial charge in [-0.15, -0.1) is 0 Å². The van der Waals surface area contributed by atoms with E-state index in [0.717, 1.165) is 0 Å². The van der Waals surface area contributed by atoms with Crippen LogP contribution in [0.1, 0.15) is 17.0 Å². The number of aromatic nitrogens is 3. The highest BCUT2D eigenvalue weighted by Crippen LogP contribution is 2.30. The number of aromatic amines is 1. The second-order valence-corrected chi connectivity index (χ2v) is 4.94. The van der Waals surface area contributed by atoms with Gasteiger partial charge < -0.3 is 15.2 Å². The van der Waals surface area contributed by atoms with Gasteiger partial charge >= 0.3 is 0 Å². The van der Waals surface area contributed by atoms with Crippen molar-refractivity contribution < 1.29 is 4.52 Å². The van der Waals surface area contributed by atoms with Gasteiger partial charge in [-0.25, -0.2) is 0 Å². The Bertz CT molecular complexity index is 1080. The first-order valence-electron chi connectivity index (χ1n) is 6.82. The average molecular weight is 318 g/mol. The first kappa shape index (κ1) is 15.0. The number of H-pyrrole nitrogens is 1. The number of nitrogens with two attached hydrogens (primary N) is 1. The molecule has 0 aliphatic rings. The molecule has 0 fully saturated rings. The lowest BCUT2D eigenvalue weighted by molar-refractivity contribution is 0.425. The van der Waals surface area contributed by atoms with Crippen LogP contribution in [0.2, 0.25) is 0 Å². The third kappa shape index (κ3) is 2.38. The highest BCUT2D eigenvalue weighted by atomic mass is 16.5. The molecule has 0 spiro atoms. The molecule has 0 aliphatic heterocycles. The Hall–Kier alpha value is -3.91. The van der Waals surface area contributed by atoms with Crippen molar-refractivity contribution >= 4 is 5.82 Å². The molecule has 0 saturated heterocycles. The number of nitrogens with zero attached hydrogens (tertiary/aromatic N) is 4. The van der Waals surface area contributed by atoms with Crippen LogP contribution in [0.3, 0.4) is 0 Å². The number of nitriles is 2. The Labute approximate surface area is 135 Å². The van der Waals surface area contributed by atoms with Crippen LogP contribution in [0.4, 0.5) is 5.82 Å². The molecule has 0 bridgehead atoms. The number of hydrogen-bond donors (Lipinski definition) is 2. The molecule has 1 aromatic carbocycles. The Kier molecular flexibility index (Phi) is 3.57. The van der Waals surface area contributed by atoms with Crippen molar-refractivity contribution in [3.63, 3.8) is 0 Å². The molecule has 0 unspecified atom stereocenters. The standard InChI is InChI=1S/C16H10N6O2/c1-8-20-16(24-22-8)10-4-2-3-9(5-10)13-11(6-17)14(19)21-15(23)12(13)7-18/h2-5H,1H3,(H3,19,21,23). The van der Waals surface area contributed by atoms with Gasteiger partial charge in [0.25, 0.3) is 11.4 Å². The smallest absolute Gasteiger partial charge is 0.268 e. The molecule has 2 heterocycles. The normalized spacial score (nSPS) is 10.1. The van der Waals surface area contributed by atoms with Gasteiger partial charge in [-0.3, -0.25) is 4.79 Å². The summed E-state index contributed by atoms with van der Waals surface area (Å²) < 4.78 is 5.12. The largest absolute Gasteiger partial charge is 0.384 e. The lowest BCUT2D eigenvalue weighted by atomic mass is 9.95. The maximum absolute atomic E-state index is 12.0. The predicted molar refractivity (Wildman–Crippen MR) is 84.4 cm³/mol. The van der Waals surface area contributed by atoms with E-state index in [-0.39, 0.29) is 22.5 Å². The lowest BCUT2D eigenvalue weighted by Gasteiger charge is -2.09. The van der Waals surface area contributed by atoms with Crippen LogP contribution in [0.15, 0.2) is 33.6 Å². The van der Waals surface area contributed by atoms with Crippen LogP contribution in [-0.4, -0.2) is 15.1 Å². The topological polar surface area (TPSA) is 145 Å². The summed E-state index contributed by atoms with van der Waals surface area (Å²) in [5.74, 6) is 0.686. The van der Waals surface area contributed by atoms with Crippen molar-refractivity contribution in [2.24, 2.45) is 0 Å². The summed E-state index contributed by atoms with van der Waals surface area (Å²) in [6, 6.07) is 10.5. The quantitative estimate of drug-likeness (QED) is 0.731. The van der Waals surface area contributed by atoms with Gasteiger partial charge in [0.2, 0.25) is 0 Å². The number of nitrogens with one attached hydrogen (secondary N) is 1. The van der Waals surface area contributed by atoms with Crippen molar-refractivity contribution in [3.05, 3.63) is 51.6 Å². The van der Waals surface area contributed by atoms with E-state index < -0.39 is 5.56 Å². The molecule has 0 aliphatic carbocycles. The average Bonchev–Trinajstić information content (AvgIpc) is 3.01. The van der Waals surface area contributed by atoms with Gasteiger partial charge in [0, 0.05) is 11.1 Å². The first-order valence-corrected chi connectivity index (χ1v) is 6.82. The van der Waals surface area contributed by atoms with Gasteiger partial charge in [-0.2, -0.15) is 15.5 Å². The maximum atomic E-state index is 12.0. The third-order valence-electron chi connectivity index (χ3n) is 3.39. The molecule has 0 atom stereocenters. The summed E-state index contributed by atoms with van der Waals surface area (Å²) in [7, 11) is 0. The maximum Gasteiger partial charge on any atom is 0.268 e. The molecular formula is C16H10N6O2. The van der Waals surface area contributed by atoms with E-state index in [1.165, 1.54) is 0 Å². The van der Waals surface area contributed by atoms with E-state index in [9.17, 15) is 15.3 Å². The molecule has 0 amide bonds. The van der Waals surface area contributed by atoms with E-state index in [1.807, 2.05) is 12.1 Å². The van der Waals surface area contributed by atoms with Crippen molar-refractivity contribution in [3.8, 4) is 34.7 Å². The number of aryl methyl sites for hydroxylation is 1. The van der Waals surface area contributed by atoms with Crippen molar-refractivity contribution in [2.75, 3.05) is 5.73 Å². The predicted octanol–water partition coefficient (Wildman–Crippen LogP) is 1.73. The second kappa shape index (κ2) is 5.71. The van der Waals surface area contributed by atoms with Crippen molar-refractivity contribution in [1.82, 2.24) is 15.1 Å². The number of hydrogen-bond acceptors (Lipinski definition) is 7. The van der Waals surface area contributed by atoms with Crippen LogP contribution in [0.25, 0.3) is 22.6 Å². The zero-order valence-corrected chi connectivity index (χ0v) is 12.5. The summed E-state index contributed by atoms with van der Waals surface area (Å²) >= 11 is 0. The Morgan fingerprint density at radius 1 is 1.21 bits per heavy atom. The van der Waals surface area contributed by atoms with E-state index >= 15 is 0 Å². The minimum Gasteiger partial charge on any atom is -0.384 e. The van der Waals surface area contributed by atoms with Gasteiger partial charge in [-0.1, -0.05) is 17.3 Å². The number of anilines is 1. The zero-order chi connectivity index (χ0) is 17.3.